The van der Waals surface area contributed by atoms with Crippen LogP contribution >= 0.6 is 11.5 Å². The lowest BCUT2D eigenvalue weighted by molar-refractivity contribution is 0.0674. The first-order chi connectivity index (χ1) is 12.4. The minimum atomic E-state index is -3.35. The predicted octanol–water partition coefficient (Wildman–Crippen LogP) is 1.57. The van der Waals surface area contributed by atoms with Crippen molar-refractivity contribution in [3.05, 3.63) is 17.7 Å². The minimum Gasteiger partial charge on any atom is -0.490 e. The molecule has 0 unspecified atom stereocenters. The van der Waals surface area contributed by atoms with Gasteiger partial charge in [0.05, 0.1) is 19.9 Å². The molecule has 11 heteroatoms. The van der Waals surface area contributed by atoms with Gasteiger partial charge in [-0.1, -0.05) is 4.49 Å². The summed E-state index contributed by atoms with van der Waals surface area (Å²) in [6, 6.07) is 0. The fraction of sp³-hybridized carbons (Fsp3) is 0.533. The van der Waals surface area contributed by atoms with Crippen molar-refractivity contribution in [2.24, 2.45) is 0 Å². The summed E-state index contributed by atoms with van der Waals surface area (Å²) < 4.78 is 43.3. The molecule has 3 heterocycles. The van der Waals surface area contributed by atoms with Gasteiger partial charge < -0.3 is 18.8 Å². The van der Waals surface area contributed by atoms with Crippen LogP contribution in [0.3, 0.4) is 0 Å². The van der Waals surface area contributed by atoms with Crippen molar-refractivity contribution in [2.75, 3.05) is 33.6 Å². The molecule has 3 rings (SSSR count). The Kier molecular flexibility index (Phi) is 5.19. The zero-order valence-corrected chi connectivity index (χ0v) is 16.2. The number of carbonyl (C=O) groups is 1. The Balaban J connectivity index is 1.72. The van der Waals surface area contributed by atoms with Crippen molar-refractivity contribution in [1.29, 1.82) is 0 Å². The van der Waals surface area contributed by atoms with Crippen LogP contribution in [0.2, 0.25) is 0 Å². The molecule has 1 saturated heterocycles. The predicted molar refractivity (Wildman–Crippen MR) is 92.7 cm³/mol. The lowest BCUT2D eigenvalue weighted by Gasteiger charge is -2.30. The quantitative estimate of drug-likeness (QED) is 0.742. The number of likely N-dealkylation sites (tertiary alicyclic amines) is 1. The molecule has 1 fully saturated rings. The van der Waals surface area contributed by atoms with E-state index in [0.29, 0.717) is 37.4 Å². The van der Waals surface area contributed by atoms with Gasteiger partial charge in [-0.3, -0.25) is 4.79 Å². The smallest absolute Gasteiger partial charge is 0.293 e. The van der Waals surface area contributed by atoms with E-state index in [0.717, 1.165) is 17.8 Å². The first-order valence-electron chi connectivity index (χ1n) is 7.87. The summed E-state index contributed by atoms with van der Waals surface area (Å²) in [5.41, 5.74) is 0.502. The van der Waals surface area contributed by atoms with Crippen molar-refractivity contribution in [2.45, 2.75) is 23.0 Å². The molecule has 0 bridgehead atoms. The topological polar surface area (TPSA) is 112 Å². The number of hydrogen-bond acceptors (Lipinski definition) is 9. The molecule has 2 aromatic rings. The summed E-state index contributed by atoms with van der Waals surface area (Å²) in [5, 5.41) is 4.01. The summed E-state index contributed by atoms with van der Waals surface area (Å²) in [4.78, 5) is 14.4. The maximum atomic E-state index is 12.7. The molecule has 2 aromatic heterocycles. The second kappa shape index (κ2) is 7.23. The maximum Gasteiger partial charge on any atom is 0.293 e. The van der Waals surface area contributed by atoms with Crippen molar-refractivity contribution in [1.82, 2.24) is 14.5 Å². The highest BCUT2D eigenvalue weighted by molar-refractivity contribution is 7.92. The SMILES string of the molecule is COc1coc(C(=O)N2CCC(c3nnsc3S(C)(=O)=O)CC2)c1OC. The first kappa shape index (κ1) is 18.6. The Bertz CT molecular complexity index is 896. The molecule has 1 amide bonds. The highest BCUT2D eigenvalue weighted by Crippen LogP contribution is 2.36. The molecule has 0 aromatic carbocycles. The molecule has 0 radical (unpaired) electrons. The van der Waals surface area contributed by atoms with Crippen LogP contribution in [0.4, 0.5) is 0 Å². The first-order valence-corrected chi connectivity index (χ1v) is 10.5. The van der Waals surface area contributed by atoms with Gasteiger partial charge in [0.1, 0.15) is 6.26 Å². The Morgan fingerprint density at radius 1 is 1.31 bits per heavy atom. The highest BCUT2D eigenvalue weighted by Gasteiger charge is 2.33. The maximum absolute atomic E-state index is 12.7. The zero-order chi connectivity index (χ0) is 18.9. The molecular weight excluding hydrogens is 382 g/mol. The average Bonchev–Trinajstić information content (AvgIpc) is 3.27. The summed E-state index contributed by atoms with van der Waals surface area (Å²) in [6.07, 6.45) is 3.68. The van der Waals surface area contributed by atoms with E-state index in [4.69, 9.17) is 13.9 Å². The summed E-state index contributed by atoms with van der Waals surface area (Å²) >= 11 is 0.889. The fourth-order valence-electron chi connectivity index (χ4n) is 3.01. The third kappa shape index (κ3) is 3.40. The van der Waals surface area contributed by atoms with Crippen molar-refractivity contribution in [3.63, 3.8) is 0 Å². The van der Waals surface area contributed by atoms with Gasteiger partial charge in [-0.2, -0.15) is 0 Å². The fourth-order valence-corrected chi connectivity index (χ4v) is 4.74. The van der Waals surface area contributed by atoms with Gasteiger partial charge in [0.2, 0.25) is 11.5 Å². The number of nitrogens with zero attached hydrogens (tertiary/aromatic N) is 3. The lowest BCUT2D eigenvalue weighted by Crippen LogP contribution is -2.38. The molecule has 0 atom stereocenters. The van der Waals surface area contributed by atoms with E-state index >= 15 is 0 Å². The summed E-state index contributed by atoms with van der Waals surface area (Å²) in [5.74, 6) is 0.383. The number of hydrogen-bond donors (Lipinski definition) is 0. The van der Waals surface area contributed by atoms with Crippen LogP contribution in [0.1, 0.15) is 35.0 Å². The van der Waals surface area contributed by atoms with E-state index in [1.54, 1.807) is 4.90 Å². The Morgan fingerprint density at radius 2 is 2.00 bits per heavy atom. The van der Waals surface area contributed by atoms with E-state index in [1.807, 2.05) is 0 Å². The van der Waals surface area contributed by atoms with Crippen LogP contribution < -0.4 is 9.47 Å². The van der Waals surface area contributed by atoms with Crippen LogP contribution in [-0.2, 0) is 9.84 Å². The third-order valence-electron chi connectivity index (χ3n) is 4.32. The summed E-state index contributed by atoms with van der Waals surface area (Å²) in [6.45, 7) is 0.910. The number of piperidine rings is 1. The van der Waals surface area contributed by atoms with E-state index < -0.39 is 9.84 Å². The number of sulfone groups is 1. The number of amides is 1. The Hall–Kier alpha value is -2.14. The molecule has 26 heavy (non-hydrogen) atoms. The number of furan rings is 1. The van der Waals surface area contributed by atoms with Gasteiger partial charge in [-0.15, -0.1) is 5.10 Å². The van der Waals surface area contributed by atoms with E-state index in [1.165, 1.54) is 20.5 Å². The van der Waals surface area contributed by atoms with Crippen molar-refractivity contribution < 1.29 is 27.1 Å². The number of aromatic nitrogens is 2. The number of ether oxygens (including phenoxy) is 2. The van der Waals surface area contributed by atoms with Crippen LogP contribution in [0.5, 0.6) is 11.5 Å². The van der Waals surface area contributed by atoms with Crippen LogP contribution in [0.25, 0.3) is 0 Å². The molecular formula is C15H19N3O6S2. The van der Waals surface area contributed by atoms with Crippen molar-refractivity contribution in [3.8, 4) is 11.5 Å². The standard InChI is InChI=1S/C15H19N3O6S2/c1-22-10-8-24-13(12(10)23-2)14(19)18-6-4-9(5-7-18)11-15(25-17-16-11)26(3,20)21/h8-9H,4-7H2,1-3H3. The molecule has 0 spiro atoms. The van der Waals surface area contributed by atoms with E-state index in [2.05, 4.69) is 9.59 Å². The second-order valence-electron chi connectivity index (χ2n) is 5.95. The Labute approximate surface area is 155 Å². The summed E-state index contributed by atoms with van der Waals surface area (Å²) in [7, 11) is -0.445. The van der Waals surface area contributed by atoms with Gasteiger partial charge in [0.25, 0.3) is 5.91 Å². The zero-order valence-electron chi connectivity index (χ0n) is 14.6. The van der Waals surface area contributed by atoms with Crippen LogP contribution in [-0.4, -0.2) is 62.4 Å². The molecule has 0 aliphatic carbocycles. The molecule has 0 N–H and O–H groups in total. The molecule has 1 aliphatic heterocycles. The minimum absolute atomic E-state index is 0.0458. The van der Waals surface area contributed by atoms with Crippen molar-refractivity contribution >= 4 is 27.3 Å². The average molecular weight is 401 g/mol. The van der Waals surface area contributed by atoms with Gasteiger partial charge in [-0.25, -0.2) is 8.42 Å². The highest BCUT2D eigenvalue weighted by atomic mass is 32.2. The second-order valence-corrected chi connectivity index (χ2v) is 8.92. The van der Waals surface area contributed by atoms with Gasteiger partial charge in [0, 0.05) is 36.8 Å². The molecule has 142 valence electrons. The monoisotopic (exact) mass is 401 g/mol. The van der Waals surface area contributed by atoms with Crippen LogP contribution in [0.15, 0.2) is 14.9 Å². The molecule has 1 aliphatic rings. The van der Waals surface area contributed by atoms with Crippen LogP contribution in [0, 0.1) is 0 Å². The number of carbonyl (C=O) groups excluding carboxylic acids is 1. The van der Waals surface area contributed by atoms with Gasteiger partial charge in [0.15, 0.2) is 19.8 Å². The normalized spacial score (nSPS) is 15.9. The largest absolute Gasteiger partial charge is 0.490 e. The van der Waals surface area contributed by atoms with Gasteiger partial charge in [-0.05, 0) is 12.8 Å². The lowest BCUT2D eigenvalue weighted by atomic mass is 9.94. The van der Waals surface area contributed by atoms with Gasteiger partial charge >= 0.3 is 0 Å². The number of rotatable bonds is 5. The Morgan fingerprint density at radius 3 is 2.58 bits per heavy atom. The van der Waals surface area contributed by atoms with E-state index in [9.17, 15) is 13.2 Å². The molecule has 9 nitrogen and oxygen atoms in total. The van der Waals surface area contributed by atoms with E-state index in [-0.39, 0.29) is 27.5 Å². The number of methoxy groups -OCH3 is 2. The molecule has 0 saturated carbocycles. The third-order valence-corrected chi connectivity index (χ3v) is 6.87.